The van der Waals surface area contributed by atoms with Gasteiger partial charge in [0.2, 0.25) is 5.79 Å². The molecular formula is C60H95N3O15. The van der Waals surface area contributed by atoms with Crippen LogP contribution in [0.3, 0.4) is 0 Å². The van der Waals surface area contributed by atoms with Gasteiger partial charge in [0.05, 0.1) is 37.6 Å². The molecule has 1 amide bonds. The van der Waals surface area contributed by atoms with Gasteiger partial charge in [-0.1, -0.05) is 71.1 Å². The molecule has 440 valence electrons. The predicted molar refractivity (Wildman–Crippen MR) is 294 cm³/mol. The Morgan fingerprint density at radius 2 is 1.55 bits per heavy atom. The molecule has 0 radical (unpaired) electrons. The summed E-state index contributed by atoms with van der Waals surface area (Å²) in [5, 5.41) is 23.6. The van der Waals surface area contributed by atoms with E-state index in [0.717, 1.165) is 38.2 Å². The number of aliphatic hydroxyl groups excluding tert-OH is 1. The van der Waals surface area contributed by atoms with Gasteiger partial charge in [0, 0.05) is 84.6 Å². The van der Waals surface area contributed by atoms with Crippen LogP contribution in [0.4, 0.5) is 0 Å². The Balaban J connectivity index is 1.37. The fourth-order valence-corrected chi connectivity index (χ4v) is 11.9. The summed E-state index contributed by atoms with van der Waals surface area (Å²) in [6.07, 6.45) is 11.6. The highest BCUT2D eigenvalue weighted by Crippen LogP contribution is 2.38. The quantitative estimate of drug-likeness (QED) is 0.0992. The molecule has 5 rings (SSSR count). The average molecular weight is 1100 g/mol. The van der Waals surface area contributed by atoms with Gasteiger partial charge in [0.25, 0.3) is 11.7 Å². The second kappa shape index (κ2) is 31.3. The highest BCUT2D eigenvalue weighted by Gasteiger charge is 2.53. The largest absolute Gasteiger partial charge is 0.462 e. The minimum Gasteiger partial charge on any atom is -0.462 e. The summed E-state index contributed by atoms with van der Waals surface area (Å²) in [6.45, 7) is 16.8. The van der Waals surface area contributed by atoms with Gasteiger partial charge in [-0.25, -0.2) is 4.79 Å². The molecule has 18 nitrogen and oxygen atoms in total. The number of piperazine rings is 1. The number of nitrogens with zero attached hydrogens (tertiary/aromatic N) is 3. The first-order chi connectivity index (χ1) is 37.1. The summed E-state index contributed by atoms with van der Waals surface area (Å²) < 4.78 is 41.7. The van der Waals surface area contributed by atoms with E-state index >= 15 is 0 Å². The number of ketones is 3. The molecule has 0 aromatic carbocycles. The lowest BCUT2D eigenvalue weighted by molar-refractivity contribution is -0.265. The molecule has 4 aliphatic heterocycles. The number of ether oxygens (including phenoxy) is 7. The summed E-state index contributed by atoms with van der Waals surface area (Å²) in [5.74, 6) is -8.41. The number of cyclic esters (lactones) is 1. The van der Waals surface area contributed by atoms with Gasteiger partial charge in [-0.05, 0) is 114 Å². The number of methoxy groups -OCH3 is 3. The molecular weight excluding hydrogens is 1000 g/mol. The van der Waals surface area contributed by atoms with E-state index in [4.69, 9.17) is 33.2 Å². The van der Waals surface area contributed by atoms with Crippen molar-refractivity contribution in [3.8, 4) is 0 Å². The van der Waals surface area contributed by atoms with E-state index in [1.54, 1.807) is 41.1 Å². The van der Waals surface area contributed by atoms with E-state index in [1.807, 2.05) is 58.1 Å². The number of hydrogen-bond donors (Lipinski definition) is 2. The molecule has 5 aliphatic rings. The Morgan fingerprint density at radius 1 is 0.821 bits per heavy atom. The number of likely N-dealkylation sites (N-methyl/N-ethyl adjacent to an activating group) is 1. The van der Waals surface area contributed by atoms with E-state index < -0.39 is 77.8 Å². The third-order valence-corrected chi connectivity index (χ3v) is 17.1. The average Bonchev–Trinajstić information content (AvgIpc) is 3.43. The molecule has 15 atom stereocenters. The van der Waals surface area contributed by atoms with Crippen LogP contribution >= 0.6 is 0 Å². The molecule has 18 heteroatoms. The third kappa shape index (κ3) is 18.3. The maximum atomic E-state index is 14.6. The molecule has 0 spiro atoms. The lowest BCUT2D eigenvalue weighted by atomic mass is 9.78. The number of rotatable bonds is 12. The maximum Gasteiger partial charge on any atom is 0.329 e. The van der Waals surface area contributed by atoms with Gasteiger partial charge < -0.3 is 53.2 Å². The zero-order chi connectivity index (χ0) is 57.3. The van der Waals surface area contributed by atoms with E-state index in [1.165, 1.54) is 12.0 Å². The number of aliphatic hydroxyl groups is 2. The van der Waals surface area contributed by atoms with Crippen LogP contribution in [-0.4, -0.2) is 196 Å². The zero-order valence-electron chi connectivity index (χ0n) is 48.7. The molecule has 2 N–H and O–H groups in total. The number of amides is 1. The van der Waals surface area contributed by atoms with Crippen LogP contribution < -0.4 is 0 Å². The minimum atomic E-state index is -2.45. The SMILES string of the molecule is CO[C@H]1CC2CC[C@@H](C)[C@@](O)(O2)C(=O)C(=O)N2CCCCC2C(=O)O[C@H]([C@H](C)C[C@@H]2CC[C@@H](OCCOC(=O)CN3CCN(C)CC3)[C@H](OC)C2)CC(=O)[C@H](C)/C=C(\C)[C@@H](O)[C@@H](OC)C(=O)[C@H](C)C[C@H](C)/C=C/C=C/C=C/1C. The predicted octanol–water partition coefficient (Wildman–Crippen LogP) is 6.00. The highest BCUT2D eigenvalue weighted by molar-refractivity contribution is 6.39. The van der Waals surface area contributed by atoms with E-state index in [9.17, 15) is 39.0 Å². The standard InChI is InChI=1S/C60H95N3O15/c1-38-17-13-12-14-18-39(2)50(72-9)35-46-22-20-44(7)60(71,78-46)57(68)58(69)63-24-16-15-19-47(63)59(70)77-51(36-48(64)40(3)32-43(6)55(67)56(74-11)54(66)42(5)31-38)41(4)33-45-21-23-49(52(34-45)73-10)75-29-30-76-53(65)37-62-27-25-61(8)26-28-62/h12-14,17-18,32,38,40-42,44-47,49-52,55-56,67,71H,15-16,19-31,33-37H2,1-11H3/b14-12+,17-13+,39-18+,43-32+/t38-,40-,41-,42-,44-,45+,46?,47?,49-,50+,51+,52-,55-,56+,60-/m1/s1. The van der Waals surface area contributed by atoms with Gasteiger partial charge in [-0.2, -0.15) is 0 Å². The number of piperidine rings is 1. The highest BCUT2D eigenvalue weighted by atomic mass is 16.6. The first-order valence-electron chi connectivity index (χ1n) is 28.8. The lowest BCUT2D eigenvalue weighted by Gasteiger charge is -2.42. The number of carbonyl (C=O) groups is 6. The lowest BCUT2D eigenvalue weighted by Crippen LogP contribution is -2.61. The van der Waals surface area contributed by atoms with Crippen LogP contribution in [0, 0.1) is 35.5 Å². The molecule has 4 heterocycles. The zero-order valence-corrected chi connectivity index (χ0v) is 48.7. The van der Waals surface area contributed by atoms with E-state index in [-0.39, 0.29) is 86.6 Å². The Kier molecular flexibility index (Phi) is 26.0. The molecule has 3 saturated heterocycles. The van der Waals surface area contributed by atoms with Crippen molar-refractivity contribution in [2.24, 2.45) is 35.5 Å². The monoisotopic (exact) mass is 1100 g/mol. The number of carbonyl (C=O) groups excluding carboxylic acids is 6. The van der Waals surface area contributed by atoms with Gasteiger partial charge in [-0.3, -0.25) is 28.9 Å². The number of esters is 2. The summed E-state index contributed by atoms with van der Waals surface area (Å²) in [6, 6.07) is -1.16. The molecule has 1 saturated carbocycles. The first-order valence-corrected chi connectivity index (χ1v) is 28.8. The molecule has 4 fully saturated rings. The van der Waals surface area contributed by atoms with Crippen LogP contribution in [0.25, 0.3) is 0 Å². The number of Topliss-reactive ketones (excluding diaryl/α,β-unsaturated/α-hetero) is 3. The van der Waals surface area contributed by atoms with Crippen molar-refractivity contribution in [3.05, 3.63) is 47.6 Å². The van der Waals surface area contributed by atoms with Crippen molar-refractivity contribution in [1.29, 1.82) is 0 Å². The second-order valence-corrected chi connectivity index (χ2v) is 23.2. The van der Waals surface area contributed by atoms with Crippen LogP contribution in [-0.2, 0) is 61.9 Å². The van der Waals surface area contributed by atoms with Crippen molar-refractivity contribution >= 4 is 35.2 Å². The van der Waals surface area contributed by atoms with Crippen LogP contribution in [0.2, 0.25) is 0 Å². The van der Waals surface area contributed by atoms with E-state index in [2.05, 4.69) is 16.8 Å². The number of fused-ring (bicyclic) bond motifs is 3. The fourth-order valence-electron chi connectivity index (χ4n) is 11.9. The Bertz CT molecular complexity index is 2120. The summed E-state index contributed by atoms with van der Waals surface area (Å²) >= 11 is 0. The Labute approximate surface area is 464 Å². The summed E-state index contributed by atoms with van der Waals surface area (Å²) in [7, 11) is 6.66. The minimum absolute atomic E-state index is 0.00655. The van der Waals surface area contributed by atoms with Gasteiger partial charge in [0.1, 0.15) is 36.7 Å². The van der Waals surface area contributed by atoms with Crippen LogP contribution in [0.1, 0.15) is 126 Å². The van der Waals surface area contributed by atoms with Crippen molar-refractivity contribution in [2.75, 3.05) is 80.9 Å². The Morgan fingerprint density at radius 3 is 2.24 bits per heavy atom. The summed E-state index contributed by atoms with van der Waals surface area (Å²) in [5.41, 5.74) is 1.25. The molecule has 2 unspecified atom stereocenters. The number of allylic oxidation sites excluding steroid dienone is 6. The van der Waals surface area contributed by atoms with Crippen LogP contribution in [0.15, 0.2) is 47.6 Å². The van der Waals surface area contributed by atoms with Gasteiger partial charge >= 0.3 is 11.9 Å². The fraction of sp³-hybridized carbons (Fsp3) is 0.767. The molecule has 2 bridgehead atoms. The molecule has 0 aromatic rings. The van der Waals surface area contributed by atoms with Gasteiger partial charge in [0.15, 0.2) is 5.78 Å². The summed E-state index contributed by atoms with van der Waals surface area (Å²) in [4.78, 5) is 89.6. The van der Waals surface area contributed by atoms with Crippen molar-refractivity contribution < 1.29 is 72.1 Å². The molecule has 78 heavy (non-hydrogen) atoms. The smallest absolute Gasteiger partial charge is 0.329 e. The second-order valence-electron chi connectivity index (χ2n) is 23.2. The van der Waals surface area contributed by atoms with Gasteiger partial charge in [-0.15, -0.1) is 0 Å². The topological polar surface area (TPSA) is 217 Å². The Hall–Kier alpha value is -3.98. The molecule has 1 aliphatic carbocycles. The van der Waals surface area contributed by atoms with Crippen molar-refractivity contribution in [2.45, 2.75) is 180 Å². The first kappa shape index (κ1) is 64.8. The normalized spacial score (nSPS) is 37.3. The van der Waals surface area contributed by atoms with Crippen molar-refractivity contribution in [3.63, 3.8) is 0 Å². The number of hydrogen-bond acceptors (Lipinski definition) is 17. The molecule has 0 aromatic heterocycles. The van der Waals surface area contributed by atoms with Crippen LogP contribution in [0.5, 0.6) is 0 Å². The van der Waals surface area contributed by atoms with Crippen molar-refractivity contribution in [1.82, 2.24) is 14.7 Å². The van der Waals surface area contributed by atoms with E-state index in [0.29, 0.717) is 63.4 Å². The maximum absolute atomic E-state index is 14.6. The third-order valence-electron chi connectivity index (χ3n) is 17.1.